The third kappa shape index (κ3) is 6.05. The lowest BCUT2D eigenvalue weighted by Crippen LogP contribution is -2.37. The Labute approximate surface area is 160 Å². The molecule has 0 aliphatic rings. The Bertz CT molecular complexity index is 660. The Morgan fingerprint density at radius 3 is 2.83 bits per heavy atom. The molecule has 23 heavy (non-hydrogen) atoms. The van der Waals surface area contributed by atoms with E-state index in [-0.39, 0.29) is 29.8 Å². The number of benzene rings is 1. The monoisotopic (exact) mass is 496 g/mol. The molecule has 0 aliphatic heterocycles. The van der Waals surface area contributed by atoms with Gasteiger partial charge in [0.05, 0.1) is 13.1 Å². The lowest BCUT2D eigenvalue weighted by atomic mass is 10.2. The second-order valence-corrected chi connectivity index (χ2v) is 5.44. The van der Waals surface area contributed by atoms with Gasteiger partial charge in [-0.3, -0.25) is 4.68 Å². The van der Waals surface area contributed by atoms with Crippen LogP contribution in [0.4, 0.5) is 4.39 Å². The van der Waals surface area contributed by atoms with Crippen molar-refractivity contribution in [2.75, 3.05) is 6.54 Å². The minimum atomic E-state index is -0.273. The molecule has 2 N–H and O–H groups in total. The first kappa shape index (κ1) is 19.8. The number of guanidine groups is 1. The molecule has 1 aromatic carbocycles. The molecule has 0 saturated carbocycles. The molecule has 0 amide bonds. The summed E-state index contributed by atoms with van der Waals surface area (Å²) in [5.41, 5.74) is 0.788. The Kier molecular flexibility index (Phi) is 8.45. The zero-order valence-electron chi connectivity index (χ0n) is 12.9. The summed E-state index contributed by atoms with van der Waals surface area (Å²) in [6.45, 7) is 3.59. The summed E-state index contributed by atoms with van der Waals surface area (Å²) in [7, 11) is 1.83. The van der Waals surface area contributed by atoms with E-state index in [0.29, 0.717) is 19.0 Å². The Balaban J connectivity index is 0.00000264. The fourth-order valence-corrected chi connectivity index (χ4v) is 2.19. The Morgan fingerprint density at radius 1 is 1.39 bits per heavy atom. The number of aromatic nitrogens is 3. The molecule has 2 aromatic rings. The van der Waals surface area contributed by atoms with Gasteiger partial charge in [-0.1, -0.05) is 15.9 Å². The standard InChI is InChI=1S/C14H18BrFN6.HI/c1-3-17-14(19-8-13-20-9-21-22(13)2)18-7-10-6-11(16)4-5-12(10)15;/h4-6,9H,3,7-8H2,1-2H3,(H2,17,18,19);1H. The van der Waals surface area contributed by atoms with Crippen molar-refractivity contribution in [2.24, 2.45) is 12.0 Å². The van der Waals surface area contributed by atoms with E-state index in [4.69, 9.17) is 0 Å². The van der Waals surface area contributed by atoms with Crippen LogP contribution >= 0.6 is 39.9 Å². The topological polar surface area (TPSA) is 67.1 Å². The van der Waals surface area contributed by atoms with Gasteiger partial charge < -0.3 is 10.6 Å². The van der Waals surface area contributed by atoms with Gasteiger partial charge in [-0.15, -0.1) is 24.0 Å². The second kappa shape index (κ2) is 9.81. The first-order chi connectivity index (χ1) is 10.6. The van der Waals surface area contributed by atoms with E-state index in [1.54, 1.807) is 10.7 Å². The van der Waals surface area contributed by atoms with Crippen molar-refractivity contribution < 1.29 is 4.39 Å². The summed E-state index contributed by atoms with van der Waals surface area (Å²) >= 11 is 3.40. The Morgan fingerprint density at radius 2 is 2.17 bits per heavy atom. The van der Waals surface area contributed by atoms with Gasteiger partial charge >= 0.3 is 0 Å². The summed E-state index contributed by atoms with van der Waals surface area (Å²) in [6.07, 6.45) is 1.50. The number of hydrogen-bond donors (Lipinski definition) is 2. The van der Waals surface area contributed by atoms with Crippen molar-refractivity contribution in [1.82, 2.24) is 25.4 Å². The first-order valence-electron chi connectivity index (χ1n) is 6.89. The van der Waals surface area contributed by atoms with Gasteiger partial charge in [-0.2, -0.15) is 5.10 Å². The predicted molar refractivity (Wildman–Crippen MR) is 102 cm³/mol. The highest BCUT2D eigenvalue weighted by Gasteiger charge is 2.04. The molecule has 0 saturated heterocycles. The van der Waals surface area contributed by atoms with Crippen molar-refractivity contribution in [3.05, 3.63) is 46.2 Å². The molecular formula is C14H19BrFIN6. The summed E-state index contributed by atoms with van der Waals surface area (Å²) in [5, 5.41) is 10.3. The summed E-state index contributed by atoms with van der Waals surface area (Å²) in [6, 6.07) is 4.56. The number of halogens is 3. The number of nitrogens with zero attached hydrogens (tertiary/aromatic N) is 4. The van der Waals surface area contributed by atoms with E-state index in [1.807, 2.05) is 14.0 Å². The number of aryl methyl sites for hydroxylation is 1. The van der Waals surface area contributed by atoms with E-state index >= 15 is 0 Å². The number of rotatable bonds is 5. The highest BCUT2D eigenvalue weighted by Crippen LogP contribution is 2.18. The van der Waals surface area contributed by atoms with Crippen LogP contribution in [0.5, 0.6) is 0 Å². The molecule has 0 atom stereocenters. The zero-order valence-corrected chi connectivity index (χ0v) is 16.8. The van der Waals surface area contributed by atoms with E-state index in [2.05, 4.69) is 41.6 Å². The van der Waals surface area contributed by atoms with E-state index < -0.39 is 0 Å². The van der Waals surface area contributed by atoms with Crippen LogP contribution in [-0.2, 0) is 20.1 Å². The van der Waals surface area contributed by atoms with Crippen LogP contribution in [0.1, 0.15) is 18.3 Å². The van der Waals surface area contributed by atoms with E-state index in [9.17, 15) is 4.39 Å². The SMILES string of the molecule is CCNC(=NCc1cc(F)ccc1Br)NCc1ncnn1C.I. The molecule has 2 rings (SSSR count). The van der Waals surface area contributed by atoms with Crippen molar-refractivity contribution >= 4 is 45.9 Å². The van der Waals surface area contributed by atoms with Crippen LogP contribution in [0.3, 0.4) is 0 Å². The molecule has 9 heteroatoms. The molecule has 0 fully saturated rings. The number of hydrogen-bond acceptors (Lipinski definition) is 3. The van der Waals surface area contributed by atoms with Gasteiger partial charge in [-0.05, 0) is 30.7 Å². The third-order valence-electron chi connectivity index (χ3n) is 2.98. The molecule has 126 valence electrons. The molecular weight excluding hydrogens is 478 g/mol. The third-order valence-corrected chi connectivity index (χ3v) is 3.75. The van der Waals surface area contributed by atoms with Gasteiger partial charge in [-0.25, -0.2) is 14.4 Å². The van der Waals surface area contributed by atoms with Crippen molar-refractivity contribution in [3.63, 3.8) is 0 Å². The van der Waals surface area contributed by atoms with E-state index in [0.717, 1.165) is 22.4 Å². The maximum absolute atomic E-state index is 13.3. The average Bonchev–Trinajstić information content (AvgIpc) is 2.90. The van der Waals surface area contributed by atoms with Crippen LogP contribution in [0, 0.1) is 5.82 Å². The average molecular weight is 497 g/mol. The van der Waals surface area contributed by atoms with Gasteiger partial charge in [0.15, 0.2) is 5.96 Å². The molecule has 1 aromatic heterocycles. The minimum absolute atomic E-state index is 0. The van der Waals surface area contributed by atoms with Crippen molar-refractivity contribution in [1.29, 1.82) is 0 Å². The Hall–Kier alpha value is -1.23. The van der Waals surface area contributed by atoms with Crippen LogP contribution in [0.25, 0.3) is 0 Å². The van der Waals surface area contributed by atoms with Crippen molar-refractivity contribution in [3.8, 4) is 0 Å². The summed E-state index contributed by atoms with van der Waals surface area (Å²) in [4.78, 5) is 8.60. The lowest BCUT2D eigenvalue weighted by molar-refractivity contribution is 0.625. The molecule has 1 heterocycles. The normalized spacial score (nSPS) is 11.0. The highest BCUT2D eigenvalue weighted by molar-refractivity contribution is 14.0. The van der Waals surface area contributed by atoms with Gasteiger partial charge in [0, 0.05) is 18.1 Å². The van der Waals surface area contributed by atoms with Crippen LogP contribution in [0.15, 0.2) is 34.0 Å². The van der Waals surface area contributed by atoms with Crippen LogP contribution in [-0.4, -0.2) is 27.3 Å². The summed E-state index contributed by atoms with van der Waals surface area (Å²) in [5.74, 6) is 1.17. The number of aliphatic imine (C=N–C) groups is 1. The van der Waals surface area contributed by atoms with Gasteiger partial charge in [0.2, 0.25) is 0 Å². The largest absolute Gasteiger partial charge is 0.357 e. The summed E-state index contributed by atoms with van der Waals surface area (Å²) < 4.78 is 15.8. The van der Waals surface area contributed by atoms with Crippen molar-refractivity contribution in [2.45, 2.75) is 20.0 Å². The maximum atomic E-state index is 13.3. The molecule has 0 unspecified atom stereocenters. The highest BCUT2D eigenvalue weighted by atomic mass is 127. The van der Waals surface area contributed by atoms with Gasteiger partial charge in [0.25, 0.3) is 0 Å². The molecule has 0 bridgehead atoms. The second-order valence-electron chi connectivity index (χ2n) is 4.58. The molecule has 0 aliphatic carbocycles. The van der Waals surface area contributed by atoms with E-state index in [1.165, 1.54) is 18.5 Å². The minimum Gasteiger partial charge on any atom is -0.357 e. The molecule has 0 spiro atoms. The maximum Gasteiger partial charge on any atom is 0.191 e. The molecule has 6 nitrogen and oxygen atoms in total. The van der Waals surface area contributed by atoms with Gasteiger partial charge in [0.1, 0.15) is 18.0 Å². The quantitative estimate of drug-likeness (QED) is 0.379. The van der Waals surface area contributed by atoms with Crippen LogP contribution < -0.4 is 10.6 Å². The van der Waals surface area contributed by atoms with Crippen LogP contribution in [0.2, 0.25) is 0 Å². The fraction of sp³-hybridized carbons (Fsp3) is 0.357. The fourth-order valence-electron chi connectivity index (χ4n) is 1.81. The smallest absolute Gasteiger partial charge is 0.191 e. The molecule has 0 radical (unpaired) electrons. The number of nitrogens with one attached hydrogen (secondary N) is 2. The lowest BCUT2D eigenvalue weighted by Gasteiger charge is -2.11. The predicted octanol–water partition coefficient (Wildman–Crippen LogP) is 2.59. The zero-order chi connectivity index (χ0) is 15.9. The first-order valence-corrected chi connectivity index (χ1v) is 7.68.